The molecule has 2 amide bonds. The molecule has 1 fully saturated rings. The Balaban J connectivity index is 1.46. The molecule has 0 unspecified atom stereocenters. The van der Waals surface area contributed by atoms with E-state index in [1.807, 2.05) is 0 Å². The van der Waals surface area contributed by atoms with Crippen molar-refractivity contribution in [1.82, 2.24) is 14.5 Å². The average molecular weight is 371 g/mol. The quantitative estimate of drug-likeness (QED) is 0.729. The second-order valence-electron chi connectivity index (χ2n) is 6.57. The van der Waals surface area contributed by atoms with Crippen LogP contribution in [0.1, 0.15) is 39.9 Å². The van der Waals surface area contributed by atoms with E-state index in [-0.39, 0.29) is 35.0 Å². The molecule has 9 heteroatoms. The molecule has 4 rings (SSSR count). The number of nitrogens with zero attached hydrogens (tertiary/aromatic N) is 3. The Morgan fingerprint density at radius 1 is 1.22 bits per heavy atom. The molecule has 1 aliphatic heterocycles. The molecule has 3 aromatic rings. The fourth-order valence-corrected chi connectivity index (χ4v) is 3.47. The number of amides is 2. The number of piperidine rings is 1. The van der Waals surface area contributed by atoms with Gasteiger partial charge in [0, 0.05) is 24.5 Å². The number of primary amides is 1. The zero-order chi connectivity index (χ0) is 19.1. The molecule has 1 aliphatic rings. The van der Waals surface area contributed by atoms with E-state index < -0.39 is 5.91 Å². The lowest BCUT2D eigenvalue weighted by Gasteiger charge is -2.32. The first-order chi connectivity index (χ1) is 12.9. The highest BCUT2D eigenvalue weighted by atomic mass is 19.1. The summed E-state index contributed by atoms with van der Waals surface area (Å²) < 4.78 is 20.6. The Hall–Kier alpha value is -3.36. The maximum Gasteiger partial charge on any atom is 0.289 e. The van der Waals surface area contributed by atoms with E-state index in [1.54, 1.807) is 15.5 Å². The maximum atomic E-state index is 13.3. The Morgan fingerprint density at radius 2 is 1.96 bits per heavy atom. The number of aromatic nitrogens is 2. The van der Waals surface area contributed by atoms with E-state index >= 15 is 0 Å². The van der Waals surface area contributed by atoms with Gasteiger partial charge < -0.3 is 25.4 Å². The third-order valence-corrected chi connectivity index (χ3v) is 4.90. The highest BCUT2D eigenvalue weighted by Gasteiger charge is 2.28. The Kier molecular flexibility index (Phi) is 4.06. The minimum Gasteiger partial charge on any atom is -0.451 e. The number of likely N-dealkylation sites (tertiary alicyclic amines) is 1. The van der Waals surface area contributed by atoms with Crippen LogP contribution >= 0.6 is 0 Å². The predicted octanol–water partition coefficient (Wildman–Crippen LogP) is 1.93. The summed E-state index contributed by atoms with van der Waals surface area (Å²) in [6, 6.07) is 5.71. The molecule has 0 radical (unpaired) electrons. The van der Waals surface area contributed by atoms with Crippen LogP contribution in [0.5, 0.6) is 0 Å². The van der Waals surface area contributed by atoms with Crippen LogP contribution in [0.15, 0.2) is 35.0 Å². The van der Waals surface area contributed by atoms with Gasteiger partial charge in [-0.05, 0) is 37.1 Å². The van der Waals surface area contributed by atoms with E-state index in [2.05, 4.69) is 4.98 Å². The molecular formula is C18H18FN5O3. The number of nitrogens with two attached hydrogens (primary N) is 2. The van der Waals surface area contributed by atoms with Crippen molar-refractivity contribution in [3.63, 3.8) is 0 Å². The summed E-state index contributed by atoms with van der Waals surface area (Å²) in [5, 5.41) is 0.554. The second-order valence-corrected chi connectivity index (χ2v) is 6.57. The van der Waals surface area contributed by atoms with Crippen LogP contribution in [0, 0.1) is 5.82 Å². The number of anilines is 1. The molecule has 0 saturated carbocycles. The van der Waals surface area contributed by atoms with Gasteiger partial charge in [0.1, 0.15) is 17.2 Å². The maximum absolute atomic E-state index is 13.3. The van der Waals surface area contributed by atoms with Gasteiger partial charge in [0.15, 0.2) is 11.5 Å². The number of hydrogen-bond acceptors (Lipinski definition) is 5. The summed E-state index contributed by atoms with van der Waals surface area (Å²) in [5.74, 6) is -0.850. The van der Waals surface area contributed by atoms with Gasteiger partial charge in [0.25, 0.3) is 11.8 Å². The van der Waals surface area contributed by atoms with Crippen LogP contribution < -0.4 is 11.5 Å². The van der Waals surface area contributed by atoms with Gasteiger partial charge in [-0.2, -0.15) is 0 Å². The highest BCUT2D eigenvalue weighted by molar-refractivity contribution is 5.96. The molecule has 140 valence electrons. The number of carbonyl (C=O) groups is 2. The van der Waals surface area contributed by atoms with Crippen LogP contribution in [0.3, 0.4) is 0 Å². The average Bonchev–Trinajstić information content (AvgIpc) is 3.24. The van der Waals surface area contributed by atoms with Crippen molar-refractivity contribution in [3.05, 3.63) is 47.9 Å². The molecule has 4 N–H and O–H groups in total. The highest BCUT2D eigenvalue weighted by Crippen LogP contribution is 2.28. The number of benzene rings is 1. The van der Waals surface area contributed by atoms with Crippen molar-refractivity contribution >= 4 is 28.6 Å². The monoisotopic (exact) mass is 371 g/mol. The van der Waals surface area contributed by atoms with Crippen molar-refractivity contribution in [1.29, 1.82) is 0 Å². The molecule has 1 saturated heterocycles. The summed E-state index contributed by atoms with van der Waals surface area (Å²) >= 11 is 0. The van der Waals surface area contributed by atoms with Crippen LogP contribution in [-0.2, 0) is 0 Å². The van der Waals surface area contributed by atoms with E-state index in [9.17, 15) is 14.0 Å². The third-order valence-electron chi connectivity index (χ3n) is 4.90. The van der Waals surface area contributed by atoms with Crippen LogP contribution in [0.2, 0.25) is 0 Å². The van der Waals surface area contributed by atoms with Gasteiger partial charge in [-0.25, -0.2) is 9.37 Å². The first kappa shape index (κ1) is 17.1. The Labute approximate surface area is 153 Å². The van der Waals surface area contributed by atoms with Gasteiger partial charge >= 0.3 is 0 Å². The zero-order valence-corrected chi connectivity index (χ0v) is 14.4. The van der Waals surface area contributed by atoms with Crippen molar-refractivity contribution in [2.45, 2.75) is 18.9 Å². The zero-order valence-electron chi connectivity index (χ0n) is 14.4. The molecule has 0 spiro atoms. The summed E-state index contributed by atoms with van der Waals surface area (Å²) in [6.45, 7) is 0.997. The van der Waals surface area contributed by atoms with E-state index in [1.165, 1.54) is 24.5 Å². The Bertz CT molecular complexity index is 1030. The fraction of sp³-hybridized carbons (Fsp3) is 0.278. The molecule has 0 atom stereocenters. The smallest absolute Gasteiger partial charge is 0.289 e. The number of halogens is 1. The van der Waals surface area contributed by atoms with E-state index in [0.29, 0.717) is 36.9 Å². The lowest BCUT2D eigenvalue weighted by atomic mass is 10.0. The summed E-state index contributed by atoms with van der Waals surface area (Å²) in [7, 11) is 0. The topological polar surface area (TPSA) is 120 Å². The van der Waals surface area contributed by atoms with E-state index in [4.69, 9.17) is 15.9 Å². The number of imidazole rings is 1. The molecule has 0 aliphatic carbocycles. The lowest BCUT2D eigenvalue weighted by Crippen LogP contribution is -2.39. The van der Waals surface area contributed by atoms with E-state index in [0.717, 1.165) is 0 Å². The number of carbonyl (C=O) groups excluding carboxylic acids is 2. The van der Waals surface area contributed by atoms with Crippen LogP contribution in [0.25, 0.3) is 11.0 Å². The first-order valence-corrected chi connectivity index (χ1v) is 8.54. The minimum absolute atomic E-state index is 0.0272. The fourth-order valence-electron chi connectivity index (χ4n) is 3.47. The predicted molar refractivity (Wildman–Crippen MR) is 95.5 cm³/mol. The SMILES string of the molecule is NC(=O)c1ncn(C2CCN(C(=O)c3cc4cc(F)ccc4o3)CC2)c1N. The molecule has 1 aromatic carbocycles. The van der Waals surface area contributed by atoms with Gasteiger partial charge in [0.05, 0.1) is 6.33 Å². The second kappa shape index (κ2) is 6.42. The van der Waals surface area contributed by atoms with Crippen LogP contribution in [-0.4, -0.2) is 39.4 Å². The molecule has 3 heterocycles. The minimum atomic E-state index is -0.666. The first-order valence-electron chi connectivity index (χ1n) is 8.54. The van der Waals surface area contributed by atoms with Gasteiger partial charge in [-0.3, -0.25) is 9.59 Å². The molecule has 0 bridgehead atoms. The van der Waals surface area contributed by atoms with Crippen molar-refractivity contribution in [2.75, 3.05) is 18.8 Å². The van der Waals surface area contributed by atoms with Crippen molar-refractivity contribution in [3.8, 4) is 0 Å². The van der Waals surface area contributed by atoms with Gasteiger partial charge in [-0.1, -0.05) is 0 Å². The van der Waals surface area contributed by atoms with Crippen LogP contribution in [0.4, 0.5) is 10.2 Å². The normalized spacial score (nSPS) is 15.4. The lowest BCUT2D eigenvalue weighted by molar-refractivity contribution is 0.0665. The largest absolute Gasteiger partial charge is 0.451 e. The number of hydrogen-bond donors (Lipinski definition) is 2. The molecule has 2 aromatic heterocycles. The molecular weight excluding hydrogens is 353 g/mol. The Morgan fingerprint density at radius 3 is 2.63 bits per heavy atom. The molecule has 27 heavy (non-hydrogen) atoms. The number of nitrogen functional groups attached to an aromatic ring is 1. The van der Waals surface area contributed by atoms with Crippen molar-refractivity contribution < 1.29 is 18.4 Å². The summed E-state index contributed by atoms with van der Waals surface area (Å²) in [4.78, 5) is 29.6. The summed E-state index contributed by atoms with van der Waals surface area (Å²) in [6.07, 6.45) is 2.81. The van der Waals surface area contributed by atoms with Gasteiger partial charge in [-0.15, -0.1) is 0 Å². The number of fused-ring (bicyclic) bond motifs is 1. The molecule has 8 nitrogen and oxygen atoms in total. The standard InChI is InChI=1S/C18H18FN5O3/c19-11-1-2-13-10(7-11)8-14(27-13)18(26)23-5-3-12(4-6-23)24-9-22-15(16(24)20)17(21)25/h1-2,7-9,12H,3-6,20H2,(H2,21,25). The number of rotatable bonds is 3. The summed E-state index contributed by atoms with van der Waals surface area (Å²) in [5.41, 5.74) is 11.7. The van der Waals surface area contributed by atoms with Crippen molar-refractivity contribution in [2.24, 2.45) is 5.73 Å². The van der Waals surface area contributed by atoms with Gasteiger partial charge in [0.2, 0.25) is 0 Å². The number of furan rings is 1. The third kappa shape index (κ3) is 3.01.